The Morgan fingerprint density at radius 2 is 2.14 bits per heavy atom. The van der Waals surface area contributed by atoms with Gasteiger partial charge >= 0.3 is 0 Å². The molecule has 1 atom stereocenters. The van der Waals surface area contributed by atoms with E-state index >= 15 is 0 Å². The Bertz CT molecular complexity index is 803. The minimum absolute atomic E-state index is 0.00469. The molecular weight excluding hydrogens is 282 g/mol. The lowest BCUT2D eigenvalue weighted by atomic mass is 10.1. The molecule has 0 fully saturated rings. The minimum atomic E-state index is -0.0791. The number of hydrogen-bond donors (Lipinski definition) is 3. The molecule has 1 amide bonds. The van der Waals surface area contributed by atoms with Gasteiger partial charge in [-0.25, -0.2) is 0 Å². The molecule has 4 nitrogen and oxygen atoms in total. The summed E-state index contributed by atoms with van der Waals surface area (Å²) in [6, 6.07) is 9.63. The van der Waals surface area contributed by atoms with Gasteiger partial charge in [-0.05, 0) is 44.2 Å². The summed E-state index contributed by atoms with van der Waals surface area (Å²) in [6.07, 6.45) is 1.73. The van der Waals surface area contributed by atoms with Crippen LogP contribution in [0.15, 0.2) is 36.5 Å². The van der Waals surface area contributed by atoms with Crippen LogP contribution in [-0.4, -0.2) is 10.9 Å². The van der Waals surface area contributed by atoms with Crippen molar-refractivity contribution in [3.63, 3.8) is 0 Å². The van der Waals surface area contributed by atoms with E-state index in [9.17, 15) is 4.79 Å². The first-order chi connectivity index (χ1) is 10.0. The second-order valence-electron chi connectivity index (χ2n) is 5.15. The van der Waals surface area contributed by atoms with E-state index in [2.05, 4.69) is 29.4 Å². The molecule has 2 heterocycles. The molecule has 0 spiro atoms. The lowest BCUT2D eigenvalue weighted by molar-refractivity contribution is 0.0942. The minimum Gasteiger partial charge on any atom is -0.399 e. The Balaban J connectivity index is 1.84. The van der Waals surface area contributed by atoms with E-state index in [4.69, 9.17) is 5.73 Å². The standard InChI is InChI=1S/C16H17N3OS/c1-9-3-6-15(21-9)10(2)19-16(20)13-8-18-14-7-11(17)4-5-12(13)14/h3-8,10,18H,17H2,1-2H3,(H,19,20). The zero-order valence-electron chi connectivity index (χ0n) is 11.9. The van der Waals surface area contributed by atoms with Gasteiger partial charge in [0, 0.05) is 32.5 Å². The number of nitrogens with two attached hydrogens (primary N) is 1. The Morgan fingerprint density at radius 3 is 2.86 bits per heavy atom. The van der Waals surface area contributed by atoms with Crippen molar-refractivity contribution < 1.29 is 4.79 Å². The molecule has 3 rings (SSSR count). The van der Waals surface area contributed by atoms with Gasteiger partial charge in [-0.3, -0.25) is 4.79 Å². The van der Waals surface area contributed by atoms with Crippen molar-refractivity contribution in [2.75, 3.05) is 5.73 Å². The highest BCUT2D eigenvalue weighted by atomic mass is 32.1. The second kappa shape index (κ2) is 5.26. The molecule has 0 aliphatic rings. The van der Waals surface area contributed by atoms with Crippen LogP contribution in [0.4, 0.5) is 5.69 Å². The number of aromatic nitrogens is 1. The Labute approximate surface area is 127 Å². The van der Waals surface area contributed by atoms with Crippen LogP contribution in [0.5, 0.6) is 0 Å². The van der Waals surface area contributed by atoms with E-state index in [0.29, 0.717) is 11.3 Å². The van der Waals surface area contributed by atoms with Gasteiger partial charge in [0.05, 0.1) is 11.6 Å². The molecule has 2 aromatic heterocycles. The van der Waals surface area contributed by atoms with Crippen molar-refractivity contribution in [1.82, 2.24) is 10.3 Å². The van der Waals surface area contributed by atoms with Crippen LogP contribution in [0, 0.1) is 6.92 Å². The molecular formula is C16H17N3OS. The van der Waals surface area contributed by atoms with E-state index < -0.39 is 0 Å². The van der Waals surface area contributed by atoms with E-state index in [1.165, 1.54) is 4.88 Å². The fourth-order valence-corrected chi connectivity index (χ4v) is 3.24. The van der Waals surface area contributed by atoms with Crippen molar-refractivity contribution in [2.24, 2.45) is 0 Å². The Hall–Kier alpha value is -2.27. The van der Waals surface area contributed by atoms with Gasteiger partial charge in [0.25, 0.3) is 5.91 Å². The topological polar surface area (TPSA) is 70.9 Å². The zero-order chi connectivity index (χ0) is 15.0. The molecule has 108 valence electrons. The number of carbonyl (C=O) groups excluding carboxylic acids is 1. The summed E-state index contributed by atoms with van der Waals surface area (Å²) in [6.45, 7) is 4.06. The molecule has 1 aromatic carbocycles. The largest absolute Gasteiger partial charge is 0.399 e. The van der Waals surface area contributed by atoms with Gasteiger partial charge in [-0.15, -0.1) is 11.3 Å². The molecule has 4 N–H and O–H groups in total. The molecule has 0 bridgehead atoms. The predicted octanol–water partition coefficient (Wildman–Crippen LogP) is 3.61. The van der Waals surface area contributed by atoms with Crippen molar-refractivity contribution >= 4 is 33.8 Å². The quantitative estimate of drug-likeness (QED) is 0.646. The molecule has 3 aromatic rings. The molecule has 0 aliphatic heterocycles. The number of amides is 1. The van der Waals surface area contributed by atoms with E-state index in [1.54, 1.807) is 23.6 Å². The smallest absolute Gasteiger partial charge is 0.253 e. The highest BCUT2D eigenvalue weighted by Crippen LogP contribution is 2.24. The van der Waals surface area contributed by atoms with Crippen LogP contribution in [0.25, 0.3) is 10.9 Å². The number of anilines is 1. The van der Waals surface area contributed by atoms with Gasteiger partial charge in [0.15, 0.2) is 0 Å². The number of thiophene rings is 1. The SMILES string of the molecule is Cc1ccc(C(C)NC(=O)c2c[nH]c3cc(N)ccc23)s1. The van der Waals surface area contributed by atoms with Crippen LogP contribution >= 0.6 is 11.3 Å². The third-order valence-electron chi connectivity index (χ3n) is 3.49. The number of fused-ring (bicyclic) bond motifs is 1. The van der Waals surface area contributed by atoms with Crippen molar-refractivity contribution in [2.45, 2.75) is 19.9 Å². The lowest BCUT2D eigenvalue weighted by Crippen LogP contribution is -2.25. The number of carbonyl (C=O) groups is 1. The fraction of sp³-hybridized carbons (Fsp3) is 0.188. The maximum absolute atomic E-state index is 12.4. The third kappa shape index (κ3) is 2.64. The van der Waals surface area contributed by atoms with Crippen molar-refractivity contribution in [3.05, 3.63) is 51.8 Å². The van der Waals surface area contributed by atoms with Gasteiger partial charge < -0.3 is 16.0 Å². The monoisotopic (exact) mass is 299 g/mol. The van der Waals surface area contributed by atoms with Gasteiger partial charge in [-0.1, -0.05) is 0 Å². The maximum atomic E-state index is 12.4. The summed E-state index contributed by atoms with van der Waals surface area (Å²) in [7, 11) is 0. The van der Waals surface area contributed by atoms with Gasteiger partial charge in [-0.2, -0.15) is 0 Å². The normalized spacial score (nSPS) is 12.5. The van der Waals surface area contributed by atoms with E-state index in [1.807, 2.05) is 19.1 Å². The number of nitrogen functional groups attached to an aromatic ring is 1. The van der Waals surface area contributed by atoms with Crippen molar-refractivity contribution in [1.29, 1.82) is 0 Å². The molecule has 0 saturated carbocycles. The summed E-state index contributed by atoms with van der Waals surface area (Å²) < 4.78 is 0. The first-order valence-corrected chi connectivity index (χ1v) is 7.60. The average molecular weight is 299 g/mol. The summed E-state index contributed by atoms with van der Waals surface area (Å²) >= 11 is 1.70. The van der Waals surface area contributed by atoms with Crippen LogP contribution in [0.2, 0.25) is 0 Å². The number of rotatable bonds is 3. The number of hydrogen-bond acceptors (Lipinski definition) is 3. The Kier molecular flexibility index (Phi) is 3.43. The fourth-order valence-electron chi connectivity index (χ4n) is 2.36. The molecule has 0 aliphatic carbocycles. The third-order valence-corrected chi connectivity index (χ3v) is 4.67. The van der Waals surface area contributed by atoms with Gasteiger partial charge in [0.2, 0.25) is 0 Å². The number of benzene rings is 1. The first-order valence-electron chi connectivity index (χ1n) is 6.78. The lowest BCUT2D eigenvalue weighted by Gasteiger charge is -2.11. The Morgan fingerprint density at radius 1 is 1.33 bits per heavy atom. The number of aromatic amines is 1. The summed E-state index contributed by atoms with van der Waals surface area (Å²) in [5.41, 5.74) is 7.95. The molecule has 0 saturated heterocycles. The second-order valence-corrected chi connectivity index (χ2v) is 6.47. The number of aryl methyl sites for hydroxylation is 1. The summed E-state index contributed by atoms with van der Waals surface area (Å²) in [4.78, 5) is 17.9. The predicted molar refractivity (Wildman–Crippen MR) is 87.6 cm³/mol. The van der Waals surface area contributed by atoms with Gasteiger partial charge in [0.1, 0.15) is 0 Å². The molecule has 21 heavy (non-hydrogen) atoms. The summed E-state index contributed by atoms with van der Waals surface area (Å²) in [5.74, 6) is -0.0791. The van der Waals surface area contributed by atoms with Crippen LogP contribution in [-0.2, 0) is 0 Å². The molecule has 5 heteroatoms. The molecule has 1 unspecified atom stereocenters. The maximum Gasteiger partial charge on any atom is 0.253 e. The zero-order valence-corrected chi connectivity index (χ0v) is 12.8. The van der Waals surface area contributed by atoms with Crippen LogP contribution in [0.3, 0.4) is 0 Å². The molecule has 0 radical (unpaired) electrons. The van der Waals surface area contributed by atoms with Crippen molar-refractivity contribution in [3.8, 4) is 0 Å². The average Bonchev–Trinajstić information content (AvgIpc) is 3.04. The van der Waals surface area contributed by atoms with Crippen LogP contribution < -0.4 is 11.1 Å². The van der Waals surface area contributed by atoms with E-state index in [-0.39, 0.29) is 11.9 Å². The highest BCUT2D eigenvalue weighted by molar-refractivity contribution is 7.12. The highest BCUT2D eigenvalue weighted by Gasteiger charge is 2.16. The van der Waals surface area contributed by atoms with Crippen LogP contribution in [0.1, 0.15) is 33.1 Å². The number of nitrogens with one attached hydrogen (secondary N) is 2. The summed E-state index contributed by atoms with van der Waals surface area (Å²) in [5, 5.41) is 3.92. The van der Waals surface area contributed by atoms with E-state index in [0.717, 1.165) is 15.8 Å². The first kappa shape index (κ1) is 13.7. The number of H-pyrrole nitrogens is 1.